The van der Waals surface area contributed by atoms with Crippen LogP contribution in [0.4, 0.5) is 0 Å². The van der Waals surface area contributed by atoms with Gasteiger partial charge in [0.25, 0.3) is 0 Å². The van der Waals surface area contributed by atoms with Crippen molar-refractivity contribution in [3.8, 4) is 0 Å². The number of Topliss-reactive ketones (excluding diaryl/α,β-unsaturated/α-hetero) is 1. The summed E-state index contributed by atoms with van der Waals surface area (Å²) >= 11 is 0. The summed E-state index contributed by atoms with van der Waals surface area (Å²) < 4.78 is 0. The van der Waals surface area contributed by atoms with Crippen molar-refractivity contribution in [3.05, 3.63) is 0 Å². The Bertz CT molecular complexity index is 65.2. The van der Waals surface area contributed by atoms with Crippen molar-refractivity contribution in [2.24, 2.45) is 0 Å². The fourth-order valence-corrected chi connectivity index (χ4v) is 1.15. The largest absolute Gasteiger partial charge is 0.298 e. The van der Waals surface area contributed by atoms with E-state index in [1.54, 1.807) is 0 Å². The Kier molecular flexibility index (Phi) is 1.18. The maximum atomic E-state index is 10.2. The molecular weight excluding hydrogens is 97.0 g/mol. The van der Waals surface area contributed by atoms with Gasteiger partial charge in [-0.1, -0.05) is 0 Å². The molecule has 1 heterocycles. The van der Waals surface area contributed by atoms with Gasteiger partial charge < -0.3 is 0 Å². The van der Waals surface area contributed by atoms with Crippen molar-refractivity contribution in [2.75, 3.05) is 12.7 Å². The van der Waals surface area contributed by atoms with E-state index in [2.05, 4.69) is 5.09 Å². The van der Waals surface area contributed by atoms with Gasteiger partial charge in [0.2, 0.25) is 0 Å². The highest BCUT2D eigenvalue weighted by Crippen LogP contribution is 2.07. The summed E-state index contributed by atoms with van der Waals surface area (Å²) in [6, 6.07) is 0. The van der Waals surface area contributed by atoms with Crippen LogP contribution < -0.4 is 5.09 Å². The lowest BCUT2D eigenvalue weighted by molar-refractivity contribution is -0.115. The van der Waals surface area contributed by atoms with Crippen LogP contribution in [0.1, 0.15) is 0 Å². The van der Waals surface area contributed by atoms with Crippen LogP contribution in [0.3, 0.4) is 0 Å². The van der Waals surface area contributed by atoms with E-state index in [4.69, 9.17) is 0 Å². The SMILES string of the molecule is O=C1CNPC1. The van der Waals surface area contributed by atoms with Crippen LogP contribution in [0.2, 0.25) is 0 Å². The first-order chi connectivity index (χ1) is 2.89. The van der Waals surface area contributed by atoms with Crippen LogP contribution in [0.5, 0.6) is 0 Å². The third-order valence-corrected chi connectivity index (χ3v) is 1.69. The summed E-state index contributed by atoms with van der Waals surface area (Å²) in [5.41, 5.74) is 0. The predicted molar refractivity (Wildman–Crippen MR) is 26.2 cm³/mol. The first-order valence-electron chi connectivity index (χ1n) is 1.87. The van der Waals surface area contributed by atoms with Crippen molar-refractivity contribution in [2.45, 2.75) is 0 Å². The molecule has 1 N–H and O–H groups in total. The summed E-state index contributed by atoms with van der Waals surface area (Å²) in [6.45, 7) is 0.610. The smallest absolute Gasteiger partial charge is 0.152 e. The Morgan fingerprint density at radius 1 is 1.83 bits per heavy atom. The average Bonchev–Trinajstić information content (AvgIpc) is 1.86. The zero-order valence-corrected chi connectivity index (χ0v) is 4.32. The van der Waals surface area contributed by atoms with Crippen LogP contribution in [0, 0.1) is 0 Å². The molecule has 0 amide bonds. The summed E-state index contributed by atoms with van der Waals surface area (Å²) in [4.78, 5) is 10.2. The molecule has 0 aromatic heterocycles. The minimum Gasteiger partial charge on any atom is -0.298 e. The summed E-state index contributed by atoms with van der Waals surface area (Å²) in [5, 5.41) is 2.95. The molecule has 0 aromatic rings. The van der Waals surface area contributed by atoms with Gasteiger partial charge in [-0.25, -0.2) is 0 Å². The Hall–Kier alpha value is 0.0600. The predicted octanol–water partition coefficient (Wildman–Crippen LogP) is -0.248. The first-order valence-corrected chi connectivity index (χ1v) is 3.08. The van der Waals surface area contributed by atoms with E-state index >= 15 is 0 Å². The normalized spacial score (nSPS) is 26.3. The second-order valence-electron chi connectivity index (χ2n) is 1.25. The highest BCUT2D eigenvalue weighted by atomic mass is 31.1. The van der Waals surface area contributed by atoms with Crippen molar-refractivity contribution < 1.29 is 4.79 Å². The van der Waals surface area contributed by atoms with Gasteiger partial charge in [0.05, 0.1) is 6.54 Å². The lowest BCUT2D eigenvalue weighted by Gasteiger charge is -1.75. The number of rotatable bonds is 0. The third-order valence-electron chi connectivity index (χ3n) is 0.696. The molecule has 34 valence electrons. The molecule has 1 atom stereocenters. The molecule has 0 aromatic carbocycles. The minimum absolute atomic E-state index is 0.355. The molecule has 0 saturated carbocycles. The van der Waals surface area contributed by atoms with Crippen LogP contribution >= 0.6 is 8.73 Å². The molecule has 0 radical (unpaired) electrons. The van der Waals surface area contributed by atoms with Crippen molar-refractivity contribution >= 4 is 14.5 Å². The second kappa shape index (κ2) is 1.67. The van der Waals surface area contributed by atoms with E-state index in [1.807, 2.05) is 0 Å². The second-order valence-corrected chi connectivity index (χ2v) is 2.31. The van der Waals surface area contributed by atoms with E-state index in [0.29, 0.717) is 21.1 Å². The molecule has 0 spiro atoms. The van der Waals surface area contributed by atoms with Gasteiger partial charge in [-0.2, -0.15) is 0 Å². The highest BCUT2D eigenvalue weighted by Gasteiger charge is 2.06. The number of carbonyl (C=O) groups excluding carboxylic acids is 1. The van der Waals surface area contributed by atoms with E-state index in [-0.39, 0.29) is 0 Å². The highest BCUT2D eigenvalue weighted by molar-refractivity contribution is 7.37. The molecular formula is C3H6NOP. The lowest BCUT2D eigenvalue weighted by atomic mass is 10.5. The quantitative estimate of drug-likeness (QED) is 0.428. The summed E-state index contributed by atoms with van der Waals surface area (Å²) in [6.07, 6.45) is 0.764. The van der Waals surface area contributed by atoms with Gasteiger partial charge in [-0.3, -0.25) is 9.88 Å². The van der Waals surface area contributed by atoms with Gasteiger partial charge in [0, 0.05) is 6.16 Å². The fourth-order valence-electron chi connectivity index (χ4n) is 0.385. The number of ketones is 1. The van der Waals surface area contributed by atoms with Gasteiger partial charge in [-0.05, 0) is 8.73 Å². The third kappa shape index (κ3) is 0.763. The van der Waals surface area contributed by atoms with Crippen LogP contribution in [-0.2, 0) is 4.79 Å². The minimum atomic E-state index is 0.355. The summed E-state index contributed by atoms with van der Waals surface area (Å²) in [5.74, 6) is 0.355. The first kappa shape index (κ1) is 4.23. The van der Waals surface area contributed by atoms with Gasteiger partial charge >= 0.3 is 0 Å². The number of hydrogen-bond acceptors (Lipinski definition) is 2. The molecule has 1 fully saturated rings. The molecule has 2 nitrogen and oxygen atoms in total. The van der Waals surface area contributed by atoms with Crippen molar-refractivity contribution in [1.82, 2.24) is 5.09 Å². The Morgan fingerprint density at radius 2 is 2.67 bits per heavy atom. The molecule has 0 aliphatic carbocycles. The van der Waals surface area contributed by atoms with Gasteiger partial charge in [0.15, 0.2) is 5.78 Å². The molecule has 3 heteroatoms. The van der Waals surface area contributed by atoms with Crippen LogP contribution in [0.15, 0.2) is 0 Å². The Morgan fingerprint density at radius 3 is 2.83 bits per heavy atom. The zero-order valence-electron chi connectivity index (χ0n) is 3.32. The molecule has 1 unspecified atom stereocenters. The molecule has 1 rings (SSSR count). The zero-order chi connectivity index (χ0) is 4.41. The monoisotopic (exact) mass is 103 g/mol. The average molecular weight is 103 g/mol. The Labute approximate surface area is 38.1 Å². The Balaban J connectivity index is 2.37. The number of nitrogens with one attached hydrogen (secondary N) is 1. The maximum Gasteiger partial charge on any atom is 0.152 e. The fraction of sp³-hybridized carbons (Fsp3) is 0.667. The molecule has 1 saturated heterocycles. The van der Waals surface area contributed by atoms with E-state index < -0.39 is 0 Å². The maximum absolute atomic E-state index is 10.2. The van der Waals surface area contributed by atoms with Crippen LogP contribution in [-0.4, -0.2) is 18.5 Å². The number of hydrogen-bond donors (Lipinski definition) is 1. The van der Waals surface area contributed by atoms with E-state index in [0.717, 1.165) is 6.16 Å². The molecule has 0 bridgehead atoms. The van der Waals surface area contributed by atoms with Gasteiger partial charge in [-0.15, -0.1) is 0 Å². The van der Waals surface area contributed by atoms with Gasteiger partial charge in [0.1, 0.15) is 0 Å². The number of carbonyl (C=O) groups is 1. The molecule has 1 aliphatic rings. The van der Waals surface area contributed by atoms with Crippen molar-refractivity contribution in [1.29, 1.82) is 0 Å². The molecule has 1 aliphatic heterocycles. The molecule has 6 heavy (non-hydrogen) atoms. The standard InChI is InChI=1S/C3H6NOP/c5-3-1-4-6-2-3/h4,6H,1-2H2. The van der Waals surface area contributed by atoms with Crippen LogP contribution in [0.25, 0.3) is 0 Å². The topological polar surface area (TPSA) is 29.1 Å². The van der Waals surface area contributed by atoms with Crippen molar-refractivity contribution in [3.63, 3.8) is 0 Å². The summed E-state index contributed by atoms with van der Waals surface area (Å²) in [7, 11) is 0.689. The lowest BCUT2D eigenvalue weighted by Crippen LogP contribution is -2.04. The van der Waals surface area contributed by atoms with E-state index in [1.165, 1.54) is 0 Å². The van der Waals surface area contributed by atoms with E-state index in [9.17, 15) is 4.79 Å².